The van der Waals surface area contributed by atoms with Crippen LogP contribution in [0.15, 0.2) is 30.6 Å². The largest absolute Gasteiger partial charge is 0.383 e. The molecule has 1 fully saturated rings. The SMILES string of the molecule is CNC(=O)c1cc(C)c(-c2cc3cc(NC(=O)C4CC4)ncc3c(N)n2)cn1. The number of aryl methyl sites for hydroxylation is 1. The van der Waals surface area contributed by atoms with E-state index in [1.165, 1.54) is 0 Å². The van der Waals surface area contributed by atoms with Gasteiger partial charge in [-0.25, -0.2) is 9.97 Å². The first kappa shape index (κ1) is 17.8. The number of nitrogens with one attached hydrogen (secondary N) is 2. The monoisotopic (exact) mass is 376 g/mol. The molecule has 0 aliphatic heterocycles. The van der Waals surface area contributed by atoms with Gasteiger partial charge in [0.1, 0.15) is 17.3 Å². The van der Waals surface area contributed by atoms with Crippen molar-refractivity contribution in [1.82, 2.24) is 20.3 Å². The van der Waals surface area contributed by atoms with Crippen LogP contribution in [-0.4, -0.2) is 33.8 Å². The van der Waals surface area contributed by atoms with Gasteiger partial charge in [0, 0.05) is 36.3 Å². The molecule has 0 radical (unpaired) electrons. The normalized spacial score (nSPS) is 13.4. The number of nitrogens with zero attached hydrogens (tertiary/aromatic N) is 3. The maximum atomic E-state index is 12.0. The van der Waals surface area contributed by atoms with E-state index in [1.807, 2.05) is 13.0 Å². The third-order valence-electron chi connectivity index (χ3n) is 4.79. The van der Waals surface area contributed by atoms with E-state index in [1.54, 1.807) is 31.6 Å². The molecule has 28 heavy (non-hydrogen) atoms. The van der Waals surface area contributed by atoms with Gasteiger partial charge >= 0.3 is 0 Å². The summed E-state index contributed by atoms with van der Waals surface area (Å²) in [5.41, 5.74) is 8.75. The van der Waals surface area contributed by atoms with Crippen molar-refractivity contribution < 1.29 is 9.59 Å². The maximum absolute atomic E-state index is 12.0. The number of carbonyl (C=O) groups is 2. The summed E-state index contributed by atoms with van der Waals surface area (Å²) in [4.78, 5) is 36.7. The molecule has 0 aromatic carbocycles. The zero-order valence-corrected chi connectivity index (χ0v) is 15.6. The minimum Gasteiger partial charge on any atom is -0.383 e. The van der Waals surface area contributed by atoms with Gasteiger partial charge in [0.05, 0.1) is 5.69 Å². The van der Waals surface area contributed by atoms with Gasteiger partial charge in [0.2, 0.25) is 5.91 Å². The fourth-order valence-corrected chi connectivity index (χ4v) is 3.03. The molecule has 0 atom stereocenters. The Morgan fingerprint density at radius 1 is 1.14 bits per heavy atom. The van der Waals surface area contributed by atoms with Gasteiger partial charge in [0.25, 0.3) is 5.91 Å². The second-order valence-corrected chi connectivity index (χ2v) is 6.91. The molecule has 0 unspecified atom stereocenters. The van der Waals surface area contributed by atoms with Crippen LogP contribution in [0.4, 0.5) is 11.6 Å². The second kappa shape index (κ2) is 6.88. The highest BCUT2D eigenvalue weighted by Gasteiger charge is 2.29. The van der Waals surface area contributed by atoms with E-state index in [-0.39, 0.29) is 17.7 Å². The summed E-state index contributed by atoms with van der Waals surface area (Å²) in [5.74, 6) is 0.686. The third-order valence-corrected chi connectivity index (χ3v) is 4.79. The minimum atomic E-state index is -0.247. The Balaban J connectivity index is 1.73. The van der Waals surface area contributed by atoms with Crippen LogP contribution in [0.1, 0.15) is 28.9 Å². The van der Waals surface area contributed by atoms with E-state index >= 15 is 0 Å². The zero-order valence-electron chi connectivity index (χ0n) is 15.6. The number of nitrogens with two attached hydrogens (primary N) is 1. The highest BCUT2D eigenvalue weighted by Crippen LogP contribution is 2.31. The number of aromatic nitrogens is 3. The Kier molecular flexibility index (Phi) is 4.38. The lowest BCUT2D eigenvalue weighted by Crippen LogP contribution is -2.19. The summed E-state index contributed by atoms with van der Waals surface area (Å²) < 4.78 is 0. The molecule has 3 aromatic heterocycles. The van der Waals surface area contributed by atoms with E-state index in [0.29, 0.717) is 28.4 Å². The molecule has 0 saturated heterocycles. The van der Waals surface area contributed by atoms with Crippen molar-refractivity contribution in [1.29, 1.82) is 0 Å². The van der Waals surface area contributed by atoms with Crippen LogP contribution in [0.2, 0.25) is 0 Å². The van der Waals surface area contributed by atoms with Gasteiger partial charge < -0.3 is 16.4 Å². The van der Waals surface area contributed by atoms with Crippen molar-refractivity contribution in [2.45, 2.75) is 19.8 Å². The number of amides is 2. The summed E-state index contributed by atoms with van der Waals surface area (Å²) >= 11 is 0. The minimum absolute atomic E-state index is 0.000986. The van der Waals surface area contributed by atoms with E-state index < -0.39 is 0 Å². The second-order valence-electron chi connectivity index (χ2n) is 6.91. The number of nitrogen functional groups attached to an aromatic ring is 1. The first-order valence-electron chi connectivity index (χ1n) is 9.02. The Morgan fingerprint density at radius 2 is 1.93 bits per heavy atom. The van der Waals surface area contributed by atoms with Gasteiger partial charge in [-0.05, 0) is 48.9 Å². The van der Waals surface area contributed by atoms with E-state index in [2.05, 4.69) is 25.6 Å². The molecule has 1 aliphatic rings. The van der Waals surface area contributed by atoms with Crippen LogP contribution in [0.25, 0.3) is 22.0 Å². The maximum Gasteiger partial charge on any atom is 0.269 e. The first-order chi connectivity index (χ1) is 13.5. The number of hydrogen-bond acceptors (Lipinski definition) is 6. The van der Waals surface area contributed by atoms with E-state index in [0.717, 1.165) is 29.4 Å². The van der Waals surface area contributed by atoms with Crippen molar-refractivity contribution in [3.8, 4) is 11.3 Å². The topological polar surface area (TPSA) is 123 Å². The average Bonchev–Trinajstić information content (AvgIpc) is 3.52. The van der Waals surface area contributed by atoms with E-state index in [4.69, 9.17) is 5.73 Å². The molecule has 142 valence electrons. The molecule has 4 rings (SSSR count). The Bertz CT molecular complexity index is 1110. The molecule has 4 N–H and O–H groups in total. The molecule has 1 aliphatic carbocycles. The lowest BCUT2D eigenvalue weighted by Gasteiger charge is -2.11. The fourth-order valence-electron chi connectivity index (χ4n) is 3.03. The molecule has 0 spiro atoms. The molecule has 3 aromatic rings. The summed E-state index contributed by atoms with van der Waals surface area (Å²) in [6, 6.07) is 5.38. The predicted molar refractivity (Wildman–Crippen MR) is 107 cm³/mol. The molecule has 2 amide bonds. The summed E-state index contributed by atoms with van der Waals surface area (Å²) in [5, 5.41) is 6.93. The van der Waals surface area contributed by atoms with Crippen LogP contribution in [-0.2, 0) is 4.79 Å². The van der Waals surface area contributed by atoms with Crippen molar-refractivity contribution in [3.05, 3.63) is 41.9 Å². The number of anilines is 2. The number of hydrogen-bond donors (Lipinski definition) is 3. The summed E-state index contributed by atoms with van der Waals surface area (Å²) in [6.07, 6.45) is 5.09. The molecule has 8 heteroatoms. The van der Waals surface area contributed by atoms with Gasteiger partial charge in [-0.3, -0.25) is 14.6 Å². The van der Waals surface area contributed by atoms with Gasteiger partial charge in [0.15, 0.2) is 0 Å². The van der Waals surface area contributed by atoms with Crippen LogP contribution in [0.5, 0.6) is 0 Å². The van der Waals surface area contributed by atoms with Crippen LogP contribution >= 0.6 is 0 Å². The predicted octanol–water partition coefficient (Wildman–Crippen LogP) is 2.29. The smallest absolute Gasteiger partial charge is 0.269 e. The van der Waals surface area contributed by atoms with Crippen LogP contribution in [0.3, 0.4) is 0 Å². The van der Waals surface area contributed by atoms with Crippen molar-refractivity contribution in [2.75, 3.05) is 18.1 Å². The van der Waals surface area contributed by atoms with Crippen molar-refractivity contribution >= 4 is 34.2 Å². The summed E-state index contributed by atoms with van der Waals surface area (Å²) in [6.45, 7) is 1.89. The van der Waals surface area contributed by atoms with Gasteiger partial charge in [-0.2, -0.15) is 0 Å². The van der Waals surface area contributed by atoms with Crippen LogP contribution in [0, 0.1) is 12.8 Å². The number of carbonyl (C=O) groups excluding carboxylic acids is 2. The quantitative estimate of drug-likeness (QED) is 0.642. The molecular formula is C20H20N6O2. The first-order valence-corrected chi connectivity index (χ1v) is 9.02. The lowest BCUT2D eigenvalue weighted by molar-refractivity contribution is -0.117. The molecule has 8 nitrogen and oxygen atoms in total. The van der Waals surface area contributed by atoms with Crippen molar-refractivity contribution in [2.24, 2.45) is 5.92 Å². The van der Waals surface area contributed by atoms with Crippen molar-refractivity contribution in [3.63, 3.8) is 0 Å². The third kappa shape index (κ3) is 3.36. The lowest BCUT2D eigenvalue weighted by atomic mass is 10.0. The zero-order chi connectivity index (χ0) is 19.8. The highest BCUT2D eigenvalue weighted by molar-refractivity contribution is 5.98. The molecule has 1 saturated carbocycles. The van der Waals surface area contributed by atoms with Gasteiger partial charge in [-0.15, -0.1) is 0 Å². The molecular weight excluding hydrogens is 356 g/mol. The molecule has 0 bridgehead atoms. The Labute approximate surface area is 161 Å². The highest BCUT2D eigenvalue weighted by atomic mass is 16.2. The molecule has 3 heterocycles. The number of pyridine rings is 3. The average molecular weight is 376 g/mol. The Morgan fingerprint density at radius 3 is 2.61 bits per heavy atom. The standard InChI is InChI=1S/C20H20N6O2/c1-10-5-16(20(28)22-2)23-8-13(10)15-6-12-7-17(26-19(27)11-3-4-11)24-9-14(12)18(21)25-15/h5-9,11H,3-4H2,1-2H3,(H2,21,25)(H,22,28)(H,24,26,27). The number of rotatable bonds is 4. The number of fused-ring (bicyclic) bond motifs is 1. The van der Waals surface area contributed by atoms with Gasteiger partial charge in [-0.1, -0.05) is 0 Å². The Hall–Kier alpha value is -3.55. The summed E-state index contributed by atoms with van der Waals surface area (Å²) in [7, 11) is 1.56. The fraction of sp³-hybridized carbons (Fsp3) is 0.250. The van der Waals surface area contributed by atoms with E-state index in [9.17, 15) is 9.59 Å². The van der Waals surface area contributed by atoms with Crippen LogP contribution < -0.4 is 16.4 Å².